The van der Waals surface area contributed by atoms with Crippen molar-refractivity contribution in [2.24, 2.45) is 0 Å². The van der Waals surface area contributed by atoms with Gasteiger partial charge in [0.05, 0.1) is 23.5 Å². The SMILES string of the molecule is CCS(=O)(=O)Nc1cccc([C@@H]2NC(=O)N(C)C(C)=C2C(=O)OC(C)C)c1. The van der Waals surface area contributed by atoms with Gasteiger partial charge in [-0.3, -0.25) is 4.72 Å². The summed E-state index contributed by atoms with van der Waals surface area (Å²) in [5.74, 6) is -0.591. The number of hydrogen-bond acceptors (Lipinski definition) is 5. The quantitative estimate of drug-likeness (QED) is 0.720. The second-order valence-electron chi connectivity index (χ2n) is 6.53. The van der Waals surface area contributed by atoms with E-state index in [0.29, 0.717) is 22.5 Å². The fourth-order valence-corrected chi connectivity index (χ4v) is 3.29. The molecule has 1 aliphatic rings. The number of carbonyl (C=O) groups is 2. The fourth-order valence-electron chi connectivity index (χ4n) is 2.66. The Kier molecular flexibility index (Phi) is 6.15. The number of nitrogens with one attached hydrogen (secondary N) is 2. The van der Waals surface area contributed by atoms with Crippen molar-refractivity contribution in [3.63, 3.8) is 0 Å². The maximum Gasteiger partial charge on any atom is 0.338 e. The molecule has 1 heterocycles. The van der Waals surface area contributed by atoms with Crippen LogP contribution in [0.1, 0.15) is 39.3 Å². The summed E-state index contributed by atoms with van der Waals surface area (Å²) in [7, 11) is -1.88. The van der Waals surface area contributed by atoms with Gasteiger partial charge in [-0.05, 0) is 45.4 Å². The van der Waals surface area contributed by atoms with E-state index >= 15 is 0 Å². The van der Waals surface area contributed by atoms with E-state index in [0.717, 1.165) is 0 Å². The number of esters is 1. The first-order valence-corrected chi connectivity index (χ1v) is 10.3. The minimum atomic E-state index is -3.45. The number of hydrogen-bond donors (Lipinski definition) is 2. The van der Waals surface area contributed by atoms with Gasteiger partial charge in [0.2, 0.25) is 10.0 Å². The Labute approximate surface area is 159 Å². The molecule has 0 saturated heterocycles. The molecule has 0 saturated carbocycles. The highest BCUT2D eigenvalue weighted by atomic mass is 32.2. The summed E-state index contributed by atoms with van der Waals surface area (Å²) >= 11 is 0. The average Bonchev–Trinajstić information content (AvgIpc) is 2.58. The molecule has 0 bridgehead atoms. The maximum absolute atomic E-state index is 12.6. The molecule has 27 heavy (non-hydrogen) atoms. The first-order valence-electron chi connectivity index (χ1n) is 8.62. The van der Waals surface area contributed by atoms with E-state index < -0.39 is 22.0 Å². The number of carbonyl (C=O) groups excluding carboxylic acids is 2. The minimum absolute atomic E-state index is 0.0623. The van der Waals surface area contributed by atoms with Crippen molar-refractivity contribution in [3.05, 3.63) is 41.1 Å². The van der Waals surface area contributed by atoms with E-state index in [2.05, 4.69) is 10.0 Å². The number of rotatable bonds is 6. The van der Waals surface area contributed by atoms with Gasteiger partial charge in [0.1, 0.15) is 0 Å². The van der Waals surface area contributed by atoms with E-state index in [1.807, 2.05) is 0 Å². The number of nitrogens with zero attached hydrogens (tertiary/aromatic N) is 1. The predicted molar refractivity (Wildman–Crippen MR) is 102 cm³/mol. The lowest BCUT2D eigenvalue weighted by Gasteiger charge is -2.33. The molecular formula is C18H25N3O5S. The standard InChI is InChI=1S/C18H25N3O5S/c1-6-27(24,25)20-14-9-7-8-13(10-14)16-15(17(22)26-11(2)3)12(4)21(5)18(23)19-16/h7-11,16,20H,6H2,1-5H3,(H,19,23)/t16-/m0/s1. The van der Waals surface area contributed by atoms with Gasteiger partial charge >= 0.3 is 12.0 Å². The smallest absolute Gasteiger partial charge is 0.338 e. The molecule has 1 atom stereocenters. The second kappa shape index (κ2) is 7.99. The number of anilines is 1. The molecule has 148 valence electrons. The summed E-state index contributed by atoms with van der Waals surface area (Å²) < 4.78 is 31.5. The zero-order chi connectivity index (χ0) is 20.4. The molecule has 8 nitrogen and oxygen atoms in total. The number of amides is 2. The summed E-state index contributed by atoms with van der Waals surface area (Å²) in [6.45, 7) is 6.70. The zero-order valence-electron chi connectivity index (χ0n) is 16.1. The normalized spacial score (nSPS) is 17.8. The molecule has 0 aromatic heterocycles. The highest BCUT2D eigenvalue weighted by molar-refractivity contribution is 7.92. The van der Waals surface area contributed by atoms with Gasteiger partial charge in [0.25, 0.3) is 0 Å². The first-order chi connectivity index (χ1) is 12.6. The van der Waals surface area contributed by atoms with Gasteiger partial charge in [-0.1, -0.05) is 12.1 Å². The molecule has 1 aromatic rings. The number of sulfonamides is 1. The van der Waals surface area contributed by atoms with Crippen LogP contribution in [0.15, 0.2) is 35.5 Å². The van der Waals surface area contributed by atoms with E-state index in [9.17, 15) is 18.0 Å². The van der Waals surface area contributed by atoms with Crippen molar-refractivity contribution in [3.8, 4) is 0 Å². The number of allylic oxidation sites excluding steroid dienone is 1. The molecule has 0 spiro atoms. The van der Waals surface area contributed by atoms with Crippen LogP contribution in [-0.2, 0) is 19.6 Å². The maximum atomic E-state index is 12.6. The van der Waals surface area contributed by atoms with Crippen LogP contribution < -0.4 is 10.0 Å². The van der Waals surface area contributed by atoms with Crippen LogP contribution in [-0.4, -0.2) is 44.2 Å². The zero-order valence-corrected chi connectivity index (χ0v) is 16.9. The van der Waals surface area contributed by atoms with Gasteiger partial charge in [-0.25, -0.2) is 18.0 Å². The van der Waals surface area contributed by atoms with Crippen molar-refractivity contribution in [1.29, 1.82) is 0 Å². The van der Waals surface area contributed by atoms with Crippen molar-refractivity contribution in [2.45, 2.75) is 39.8 Å². The third-order valence-electron chi connectivity index (χ3n) is 4.19. The minimum Gasteiger partial charge on any atom is -0.459 e. The second-order valence-corrected chi connectivity index (χ2v) is 8.54. The Balaban J connectivity index is 2.48. The summed E-state index contributed by atoms with van der Waals surface area (Å²) in [6.07, 6.45) is -0.316. The molecule has 1 aromatic carbocycles. The van der Waals surface area contributed by atoms with E-state index in [1.165, 1.54) is 11.8 Å². The monoisotopic (exact) mass is 395 g/mol. The summed E-state index contributed by atoms with van der Waals surface area (Å²) in [4.78, 5) is 26.2. The molecule has 9 heteroatoms. The number of urea groups is 1. The Hall–Kier alpha value is -2.55. The van der Waals surface area contributed by atoms with Crippen LogP contribution in [0.3, 0.4) is 0 Å². The highest BCUT2D eigenvalue weighted by Gasteiger charge is 2.35. The van der Waals surface area contributed by atoms with Crippen LogP contribution in [0.4, 0.5) is 10.5 Å². The Morgan fingerprint density at radius 1 is 1.37 bits per heavy atom. The lowest BCUT2D eigenvalue weighted by atomic mass is 9.94. The van der Waals surface area contributed by atoms with Crippen molar-refractivity contribution >= 4 is 27.7 Å². The summed E-state index contributed by atoms with van der Waals surface area (Å²) in [5.41, 5.74) is 1.72. The van der Waals surface area contributed by atoms with E-state index in [-0.39, 0.29) is 17.9 Å². The first kappa shape index (κ1) is 20.8. The van der Waals surface area contributed by atoms with Crippen LogP contribution >= 0.6 is 0 Å². The fraction of sp³-hybridized carbons (Fsp3) is 0.444. The highest BCUT2D eigenvalue weighted by Crippen LogP contribution is 2.32. The lowest BCUT2D eigenvalue weighted by Crippen LogP contribution is -2.46. The van der Waals surface area contributed by atoms with Crippen LogP contribution in [0.5, 0.6) is 0 Å². The van der Waals surface area contributed by atoms with E-state index in [4.69, 9.17) is 4.74 Å². The van der Waals surface area contributed by atoms with Gasteiger partial charge < -0.3 is 15.0 Å². The predicted octanol–water partition coefficient (Wildman–Crippen LogP) is 2.37. The van der Waals surface area contributed by atoms with Crippen LogP contribution in [0.25, 0.3) is 0 Å². The van der Waals surface area contributed by atoms with Crippen LogP contribution in [0, 0.1) is 0 Å². The Bertz CT molecular complexity index is 877. The van der Waals surface area contributed by atoms with Gasteiger partial charge in [-0.15, -0.1) is 0 Å². The third kappa shape index (κ3) is 4.79. The van der Waals surface area contributed by atoms with Crippen molar-refractivity contribution < 1.29 is 22.7 Å². The third-order valence-corrected chi connectivity index (χ3v) is 5.50. The Morgan fingerprint density at radius 3 is 2.63 bits per heavy atom. The molecule has 2 N–H and O–H groups in total. The van der Waals surface area contributed by atoms with Gasteiger partial charge in [0.15, 0.2) is 0 Å². The van der Waals surface area contributed by atoms with Crippen LogP contribution in [0.2, 0.25) is 0 Å². The summed E-state index contributed by atoms with van der Waals surface area (Å²) in [5, 5.41) is 2.77. The van der Waals surface area contributed by atoms with Crippen molar-refractivity contribution in [1.82, 2.24) is 10.2 Å². The molecule has 2 amide bonds. The van der Waals surface area contributed by atoms with Gasteiger partial charge in [-0.2, -0.15) is 0 Å². The molecular weight excluding hydrogens is 370 g/mol. The van der Waals surface area contributed by atoms with E-state index in [1.54, 1.807) is 52.1 Å². The van der Waals surface area contributed by atoms with Gasteiger partial charge in [0, 0.05) is 18.4 Å². The number of ether oxygens (including phenoxy) is 1. The Morgan fingerprint density at radius 2 is 2.04 bits per heavy atom. The number of benzene rings is 1. The molecule has 0 aliphatic carbocycles. The average molecular weight is 395 g/mol. The summed E-state index contributed by atoms with van der Waals surface area (Å²) in [6, 6.07) is 5.48. The topological polar surface area (TPSA) is 105 Å². The molecule has 0 unspecified atom stereocenters. The molecule has 1 aliphatic heterocycles. The molecule has 0 fully saturated rings. The van der Waals surface area contributed by atoms with Crippen molar-refractivity contribution in [2.75, 3.05) is 17.5 Å². The lowest BCUT2D eigenvalue weighted by molar-refractivity contribution is -0.143. The molecule has 2 rings (SSSR count). The molecule has 0 radical (unpaired) electrons. The largest absolute Gasteiger partial charge is 0.459 e.